The molecule has 0 bridgehead atoms. The van der Waals surface area contributed by atoms with Crippen molar-refractivity contribution >= 4 is 49.1 Å². The lowest BCUT2D eigenvalue weighted by Gasteiger charge is -2.13. The van der Waals surface area contributed by atoms with Crippen molar-refractivity contribution in [3.05, 3.63) is 91.3 Å². The molecule has 134 valence electrons. The first-order valence-corrected chi connectivity index (χ1v) is 10.1. The minimum absolute atomic E-state index is 0.481. The summed E-state index contributed by atoms with van der Waals surface area (Å²) in [5.41, 5.74) is 4.58. The third kappa shape index (κ3) is 5.26. The first kappa shape index (κ1) is 19.3. The molecule has 0 amide bonds. The molecule has 26 heavy (non-hydrogen) atoms. The molecule has 0 aromatic heterocycles. The van der Waals surface area contributed by atoms with Crippen molar-refractivity contribution in [1.29, 1.82) is 0 Å². The van der Waals surface area contributed by atoms with Gasteiger partial charge < -0.3 is 10.1 Å². The molecule has 0 fully saturated rings. The van der Waals surface area contributed by atoms with Crippen molar-refractivity contribution in [3.8, 4) is 5.75 Å². The third-order valence-electron chi connectivity index (χ3n) is 3.87. The molecule has 3 rings (SSSR count). The van der Waals surface area contributed by atoms with E-state index in [1.165, 1.54) is 5.56 Å². The second-order valence-corrected chi connectivity index (χ2v) is 8.17. The van der Waals surface area contributed by atoms with Crippen molar-refractivity contribution in [1.82, 2.24) is 0 Å². The highest BCUT2D eigenvalue weighted by Gasteiger charge is 2.10. The molecule has 0 radical (unpaired) electrons. The van der Waals surface area contributed by atoms with Gasteiger partial charge >= 0.3 is 0 Å². The van der Waals surface area contributed by atoms with Gasteiger partial charge in [0.1, 0.15) is 12.4 Å². The highest BCUT2D eigenvalue weighted by Crippen LogP contribution is 2.35. The van der Waals surface area contributed by atoms with Gasteiger partial charge in [-0.3, -0.25) is 0 Å². The van der Waals surface area contributed by atoms with Crippen molar-refractivity contribution in [3.63, 3.8) is 0 Å². The van der Waals surface area contributed by atoms with E-state index >= 15 is 0 Å². The predicted octanol–water partition coefficient (Wildman–Crippen LogP) is 7.36. The fraction of sp³-hybridized carbons (Fsp3) is 0.143. The summed E-state index contributed by atoms with van der Waals surface area (Å²) in [4.78, 5) is 0. The van der Waals surface area contributed by atoms with Crippen LogP contribution in [-0.4, -0.2) is 0 Å². The SMILES string of the molecule is Cc1cccc(NCc2cc(Br)c(OCc3ccc(Cl)cc3)c(Br)c2)c1. The average molecular weight is 496 g/mol. The molecule has 0 saturated carbocycles. The average Bonchev–Trinajstić information content (AvgIpc) is 2.61. The van der Waals surface area contributed by atoms with Crippen molar-refractivity contribution in [2.45, 2.75) is 20.1 Å². The summed E-state index contributed by atoms with van der Waals surface area (Å²) in [5.74, 6) is 0.791. The zero-order chi connectivity index (χ0) is 18.5. The minimum atomic E-state index is 0.481. The second-order valence-electron chi connectivity index (χ2n) is 6.03. The van der Waals surface area contributed by atoms with E-state index in [9.17, 15) is 0 Å². The molecule has 3 aromatic carbocycles. The van der Waals surface area contributed by atoms with Gasteiger partial charge in [-0.1, -0.05) is 35.9 Å². The number of anilines is 1. The summed E-state index contributed by atoms with van der Waals surface area (Å²) in [7, 11) is 0. The van der Waals surface area contributed by atoms with Gasteiger partial charge in [0.2, 0.25) is 0 Å². The topological polar surface area (TPSA) is 21.3 Å². The Morgan fingerprint density at radius 2 is 1.62 bits per heavy atom. The maximum atomic E-state index is 5.97. The number of aryl methyl sites for hydroxylation is 1. The molecular formula is C21H18Br2ClNO. The summed E-state index contributed by atoms with van der Waals surface area (Å²) in [5, 5.41) is 4.17. The lowest BCUT2D eigenvalue weighted by atomic mass is 10.2. The molecule has 0 unspecified atom stereocenters. The fourth-order valence-electron chi connectivity index (χ4n) is 2.55. The Morgan fingerprint density at radius 3 is 2.27 bits per heavy atom. The number of ether oxygens (including phenoxy) is 1. The Balaban J connectivity index is 1.66. The molecule has 0 heterocycles. The normalized spacial score (nSPS) is 10.6. The van der Waals surface area contributed by atoms with Crippen LogP contribution in [0.2, 0.25) is 5.02 Å². The molecule has 0 aliphatic carbocycles. The second kappa shape index (κ2) is 8.94. The summed E-state index contributed by atoms with van der Waals surface area (Å²) in [6, 6.07) is 20.1. The highest BCUT2D eigenvalue weighted by molar-refractivity contribution is 9.11. The number of hydrogen-bond acceptors (Lipinski definition) is 2. The molecule has 2 nitrogen and oxygen atoms in total. The molecule has 5 heteroatoms. The largest absolute Gasteiger partial charge is 0.487 e. The quantitative estimate of drug-likeness (QED) is 0.386. The molecule has 0 atom stereocenters. The van der Waals surface area contributed by atoms with Gasteiger partial charge in [-0.25, -0.2) is 0 Å². The number of benzene rings is 3. The van der Waals surface area contributed by atoms with Crippen LogP contribution >= 0.6 is 43.5 Å². The van der Waals surface area contributed by atoms with Gasteiger partial charge in [0.15, 0.2) is 0 Å². The number of rotatable bonds is 6. The maximum Gasteiger partial charge on any atom is 0.148 e. The first-order chi connectivity index (χ1) is 12.5. The molecule has 0 aliphatic rings. The number of halogens is 3. The minimum Gasteiger partial charge on any atom is -0.487 e. The van der Waals surface area contributed by atoms with Crippen LogP contribution in [0.4, 0.5) is 5.69 Å². The van der Waals surface area contributed by atoms with E-state index in [-0.39, 0.29) is 0 Å². The molecule has 0 spiro atoms. The summed E-state index contributed by atoms with van der Waals surface area (Å²) in [6.07, 6.45) is 0. The van der Waals surface area contributed by atoms with Gasteiger partial charge in [0.05, 0.1) is 8.95 Å². The van der Waals surface area contributed by atoms with E-state index in [2.05, 4.69) is 80.5 Å². The Labute approximate surface area is 175 Å². The molecular weight excluding hydrogens is 477 g/mol. The molecule has 3 aromatic rings. The van der Waals surface area contributed by atoms with Crippen LogP contribution in [0.1, 0.15) is 16.7 Å². The van der Waals surface area contributed by atoms with E-state index in [4.69, 9.17) is 16.3 Å². The van der Waals surface area contributed by atoms with E-state index in [0.29, 0.717) is 6.61 Å². The monoisotopic (exact) mass is 493 g/mol. The zero-order valence-electron chi connectivity index (χ0n) is 14.2. The highest BCUT2D eigenvalue weighted by atomic mass is 79.9. The van der Waals surface area contributed by atoms with Crippen molar-refractivity contribution in [2.24, 2.45) is 0 Å². The lowest BCUT2D eigenvalue weighted by Crippen LogP contribution is -2.01. The van der Waals surface area contributed by atoms with E-state index in [1.807, 2.05) is 24.3 Å². The van der Waals surface area contributed by atoms with Crippen molar-refractivity contribution < 1.29 is 4.74 Å². The molecule has 0 saturated heterocycles. The van der Waals surface area contributed by atoms with Crippen LogP contribution in [0, 0.1) is 6.92 Å². The van der Waals surface area contributed by atoms with Crippen LogP contribution in [0.5, 0.6) is 5.75 Å². The summed E-state index contributed by atoms with van der Waals surface area (Å²) < 4.78 is 7.81. The van der Waals surface area contributed by atoms with Gasteiger partial charge in [-0.15, -0.1) is 0 Å². The smallest absolute Gasteiger partial charge is 0.148 e. The Morgan fingerprint density at radius 1 is 0.923 bits per heavy atom. The number of hydrogen-bond donors (Lipinski definition) is 1. The zero-order valence-corrected chi connectivity index (χ0v) is 18.2. The lowest BCUT2D eigenvalue weighted by molar-refractivity contribution is 0.302. The fourth-order valence-corrected chi connectivity index (χ4v) is 4.18. The van der Waals surface area contributed by atoms with Crippen LogP contribution in [0.25, 0.3) is 0 Å². The Hall–Kier alpha value is -1.49. The van der Waals surface area contributed by atoms with E-state index < -0.39 is 0 Å². The van der Waals surface area contributed by atoms with E-state index in [1.54, 1.807) is 0 Å². The Bertz CT molecular complexity index is 874. The molecule has 0 aliphatic heterocycles. The summed E-state index contributed by atoms with van der Waals surface area (Å²) in [6.45, 7) is 3.30. The first-order valence-electron chi connectivity index (χ1n) is 8.17. The summed E-state index contributed by atoms with van der Waals surface area (Å²) >= 11 is 13.2. The molecule has 1 N–H and O–H groups in total. The maximum absolute atomic E-state index is 5.97. The van der Waals surface area contributed by atoms with Crippen LogP contribution in [0.15, 0.2) is 69.6 Å². The van der Waals surface area contributed by atoms with Crippen LogP contribution in [-0.2, 0) is 13.2 Å². The standard InChI is InChI=1S/C21H18Br2ClNO/c1-14-3-2-4-18(9-14)25-12-16-10-19(22)21(20(23)11-16)26-13-15-5-7-17(24)8-6-15/h2-11,25H,12-13H2,1H3. The number of nitrogens with one attached hydrogen (secondary N) is 1. The van der Waals surface area contributed by atoms with Gasteiger partial charge in [0.25, 0.3) is 0 Å². The van der Waals surface area contributed by atoms with E-state index in [0.717, 1.165) is 43.1 Å². The van der Waals surface area contributed by atoms with Crippen LogP contribution in [0.3, 0.4) is 0 Å². The predicted molar refractivity (Wildman–Crippen MR) is 116 cm³/mol. The van der Waals surface area contributed by atoms with Gasteiger partial charge in [-0.2, -0.15) is 0 Å². The van der Waals surface area contributed by atoms with Crippen molar-refractivity contribution in [2.75, 3.05) is 5.32 Å². The third-order valence-corrected chi connectivity index (χ3v) is 5.30. The Kier molecular flexibility index (Phi) is 6.63. The van der Waals surface area contributed by atoms with Crippen LogP contribution < -0.4 is 10.1 Å². The van der Waals surface area contributed by atoms with Gasteiger partial charge in [0, 0.05) is 17.3 Å². The van der Waals surface area contributed by atoms with Gasteiger partial charge in [-0.05, 0) is 91.9 Å².